The molecule has 0 fully saturated rings. The number of aliphatic carboxylic acids is 1. The molecule has 0 spiro atoms. The number of nitrogens with one attached hydrogen (secondary N) is 1. The van der Waals surface area contributed by atoms with E-state index in [-0.39, 0.29) is 0 Å². The lowest BCUT2D eigenvalue weighted by atomic mass is 10.0. The molecule has 0 aliphatic heterocycles. The maximum Gasteiger partial charge on any atom is 0.325 e. The van der Waals surface area contributed by atoms with E-state index >= 15 is 0 Å². The van der Waals surface area contributed by atoms with Gasteiger partial charge in [0.05, 0.1) is 5.69 Å². The van der Waals surface area contributed by atoms with Crippen molar-refractivity contribution in [2.24, 2.45) is 0 Å². The van der Waals surface area contributed by atoms with Gasteiger partial charge in [0.2, 0.25) is 0 Å². The molecule has 27 heavy (non-hydrogen) atoms. The quantitative estimate of drug-likeness (QED) is 0.542. The fourth-order valence-electron chi connectivity index (χ4n) is 3.15. The maximum atomic E-state index is 11.9. The second-order valence-electron chi connectivity index (χ2n) is 6.34. The summed E-state index contributed by atoms with van der Waals surface area (Å²) in [7, 11) is 1.78. The average Bonchev–Trinajstić information content (AvgIpc) is 3.33. The van der Waals surface area contributed by atoms with Crippen molar-refractivity contribution in [2.75, 3.05) is 7.05 Å². The predicted molar refractivity (Wildman–Crippen MR) is 97.7 cm³/mol. The molecule has 2 heterocycles. The Morgan fingerprint density at radius 1 is 1.15 bits per heavy atom. The molecule has 2 aromatic carbocycles. The monoisotopic (exact) mass is 363 g/mol. The summed E-state index contributed by atoms with van der Waals surface area (Å²) in [6.45, 7) is 0.446. The van der Waals surface area contributed by atoms with Crippen LogP contribution in [0.3, 0.4) is 0 Å². The first kappa shape index (κ1) is 16.9. The van der Waals surface area contributed by atoms with E-state index < -0.39 is 12.0 Å². The van der Waals surface area contributed by atoms with Crippen LogP contribution in [0, 0.1) is 0 Å². The first-order valence-corrected chi connectivity index (χ1v) is 8.36. The van der Waals surface area contributed by atoms with Crippen molar-refractivity contribution in [3.63, 3.8) is 0 Å². The molecule has 2 aromatic heterocycles. The maximum absolute atomic E-state index is 11.9. The number of carbonyl (C=O) groups is 1. The highest BCUT2D eigenvalue weighted by atomic mass is 16.6. The van der Waals surface area contributed by atoms with E-state index in [1.54, 1.807) is 18.1 Å². The number of hydrogen-bond acceptors (Lipinski definition) is 6. The second-order valence-corrected chi connectivity index (χ2v) is 6.34. The molecule has 0 saturated carbocycles. The summed E-state index contributed by atoms with van der Waals surface area (Å²) in [6, 6.07) is 14.1. The summed E-state index contributed by atoms with van der Waals surface area (Å²) >= 11 is 0. The molecule has 0 radical (unpaired) electrons. The van der Waals surface area contributed by atoms with Crippen molar-refractivity contribution >= 4 is 17.0 Å². The van der Waals surface area contributed by atoms with Crippen molar-refractivity contribution in [3.8, 4) is 11.3 Å². The van der Waals surface area contributed by atoms with E-state index in [1.165, 1.54) is 0 Å². The number of rotatable bonds is 6. The summed E-state index contributed by atoms with van der Waals surface area (Å²) < 4.78 is 4.71. The molecular formula is C19H17N5O3. The number of nitrogens with zero attached hydrogens (tertiary/aromatic N) is 4. The lowest BCUT2D eigenvalue weighted by Crippen LogP contribution is -2.30. The van der Waals surface area contributed by atoms with Crippen LogP contribution in [-0.4, -0.2) is 43.5 Å². The third-order valence-electron chi connectivity index (χ3n) is 4.46. The molecule has 0 unspecified atom stereocenters. The van der Waals surface area contributed by atoms with Gasteiger partial charge in [0, 0.05) is 12.7 Å². The Morgan fingerprint density at radius 2 is 1.93 bits per heavy atom. The zero-order chi connectivity index (χ0) is 18.8. The van der Waals surface area contributed by atoms with Crippen LogP contribution in [-0.2, 0) is 11.3 Å². The minimum atomic E-state index is -0.907. The molecule has 136 valence electrons. The molecule has 1 atom stereocenters. The third-order valence-corrected chi connectivity index (χ3v) is 4.46. The standard InChI is InChI=1S/C19H17N5O3/c1-24(11-12-2-7-16-17(10-12)23-27-22-16)18(19(25)26)14-5-3-13(4-6-14)15-8-9-20-21-15/h2-10,18H,11H2,1H3,(H,20,21)(H,25,26)/t18-/m0/s1. The van der Waals surface area contributed by atoms with Gasteiger partial charge in [-0.2, -0.15) is 5.10 Å². The molecule has 0 saturated heterocycles. The van der Waals surface area contributed by atoms with Crippen molar-refractivity contribution in [2.45, 2.75) is 12.6 Å². The minimum absolute atomic E-state index is 0.446. The molecule has 8 nitrogen and oxygen atoms in total. The number of aromatic amines is 1. The molecule has 2 N–H and O–H groups in total. The summed E-state index contributed by atoms with van der Waals surface area (Å²) in [4.78, 5) is 13.7. The minimum Gasteiger partial charge on any atom is -0.480 e. The van der Waals surface area contributed by atoms with Gasteiger partial charge in [-0.05, 0) is 52.3 Å². The largest absolute Gasteiger partial charge is 0.480 e. The van der Waals surface area contributed by atoms with E-state index in [4.69, 9.17) is 4.63 Å². The number of carboxylic acids is 1. The van der Waals surface area contributed by atoms with Gasteiger partial charge in [-0.15, -0.1) is 0 Å². The number of likely N-dealkylation sites (N-methyl/N-ethyl adjacent to an activating group) is 1. The van der Waals surface area contributed by atoms with Crippen LogP contribution in [0.5, 0.6) is 0 Å². The fraction of sp³-hybridized carbons (Fsp3) is 0.158. The smallest absolute Gasteiger partial charge is 0.325 e. The zero-order valence-corrected chi connectivity index (χ0v) is 14.5. The van der Waals surface area contributed by atoms with Crippen molar-refractivity contribution in [1.82, 2.24) is 25.4 Å². The molecule has 0 aliphatic rings. The lowest BCUT2D eigenvalue weighted by molar-refractivity contribution is -0.143. The van der Waals surface area contributed by atoms with Crippen molar-refractivity contribution in [1.29, 1.82) is 0 Å². The van der Waals surface area contributed by atoms with Crippen LogP contribution in [0.25, 0.3) is 22.3 Å². The number of carboxylic acid groups (broad SMARTS) is 1. The van der Waals surface area contributed by atoms with Gasteiger partial charge in [-0.25, -0.2) is 4.63 Å². The lowest BCUT2D eigenvalue weighted by Gasteiger charge is -2.25. The number of hydrogen-bond donors (Lipinski definition) is 2. The van der Waals surface area contributed by atoms with E-state index in [2.05, 4.69) is 20.5 Å². The highest BCUT2D eigenvalue weighted by Gasteiger charge is 2.25. The summed E-state index contributed by atoms with van der Waals surface area (Å²) in [5, 5.41) is 24.2. The first-order chi connectivity index (χ1) is 13.1. The third kappa shape index (κ3) is 3.42. The van der Waals surface area contributed by atoms with Crippen LogP contribution in [0.2, 0.25) is 0 Å². The van der Waals surface area contributed by atoms with Gasteiger partial charge in [-0.1, -0.05) is 30.3 Å². The first-order valence-electron chi connectivity index (χ1n) is 8.36. The molecule has 8 heteroatoms. The van der Waals surface area contributed by atoms with E-state index in [9.17, 15) is 9.90 Å². The van der Waals surface area contributed by atoms with E-state index in [1.807, 2.05) is 48.5 Å². The van der Waals surface area contributed by atoms with Crippen LogP contribution >= 0.6 is 0 Å². The second kappa shape index (κ2) is 7.00. The molecule has 4 aromatic rings. The van der Waals surface area contributed by atoms with E-state index in [0.717, 1.165) is 16.8 Å². The van der Waals surface area contributed by atoms with Gasteiger partial charge < -0.3 is 5.11 Å². The van der Waals surface area contributed by atoms with Crippen LogP contribution < -0.4 is 0 Å². The van der Waals surface area contributed by atoms with E-state index in [0.29, 0.717) is 23.1 Å². The van der Waals surface area contributed by atoms with Crippen LogP contribution in [0.4, 0.5) is 0 Å². The Bertz CT molecular complexity index is 1060. The molecule has 0 aliphatic carbocycles. The van der Waals surface area contributed by atoms with Gasteiger partial charge >= 0.3 is 5.97 Å². The summed E-state index contributed by atoms with van der Waals surface area (Å²) in [6.07, 6.45) is 1.68. The zero-order valence-electron chi connectivity index (χ0n) is 14.5. The highest BCUT2D eigenvalue weighted by Crippen LogP contribution is 2.25. The Balaban J connectivity index is 1.56. The average molecular weight is 363 g/mol. The summed E-state index contributed by atoms with van der Waals surface area (Å²) in [5.74, 6) is -0.907. The number of aromatic nitrogens is 4. The van der Waals surface area contributed by atoms with Crippen LogP contribution in [0.1, 0.15) is 17.2 Å². The fourth-order valence-corrected chi connectivity index (χ4v) is 3.15. The van der Waals surface area contributed by atoms with Gasteiger partial charge in [0.1, 0.15) is 17.1 Å². The van der Waals surface area contributed by atoms with Crippen molar-refractivity contribution < 1.29 is 14.5 Å². The Labute approximate surface area is 154 Å². The number of fused-ring (bicyclic) bond motifs is 1. The van der Waals surface area contributed by atoms with Crippen molar-refractivity contribution in [3.05, 3.63) is 65.9 Å². The number of benzene rings is 2. The van der Waals surface area contributed by atoms with Gasteiger partial charge in [-0.3, -0.25) is 14.8 Å². The Morgan fingerprint density at radius 3 is 2.63 bits per heavy atom. The molecule has 0 amide bonds. The molecular weight excluding hydrogens is 346 g/mol. The highest BCUT2D eigenvalue weighted by molar-refractivity contribution is 5.76. The molecule has 0 bridgehead atoms. The van der Waals surface area contributed by atoms with Gasteiger partial charge in [0.25, 0.3) is 0 Å². The topological polar surface area (TPSA) is 108 Å². The van der Waals surface area contributed by atoms with Crippen LogP contribution in [0.15, 0.2) is 59.4 Å². The Kier molecular flexibility index (Phi) is 4.39. The summed E-state index contributed by atoms with van der Waals surface area (Å²) in [5.41, 5.74) is 4.80. The predicted octanol–water partition coefficient (Wildman–Crippen LogP) is 2.87. The Hall–Kier alpha value is -3.52. The SMILES string of the molecule is CN(Cc1ccc2nonc2c1)[C@H](C(=O)O)c1ccc(-c2ccn[nH]2)cc1. The van der Waals surface area contributed by atoms with Gasteiger partial charge in [0.15, 0.2) is 0 Å². The normalized spacial score (nSPS) is 12.5. The number of H-pyrrole nitrogens is 1. The molecule has 4 rings (SSSR count).